The highest BCUT2D eigenvalue weighted by Gasteiger charge is 2.47. The summed E-state index contributed by atoms with van der Waals surface area (Å²) in [6, 6.07) is 0. The zero-order chi connectivity index (χ0) is 39.0. The van der Waals surface area contributed by atoms with Crippen LogP contribution in [0.3, 0.4) is 0 Å². The van der Waals surface area contributed by atoms with Crippen molar-refractivity contribution >= 4 is 29.2 Å². The molecule has 14 nitrogen and oxygen atoms in total. The van der Waals surface area contributed by atoms with Crippen molar-refractivity contribution in [1.29, 1.82) is 0 Å². The number of benzene rings is 1. The van der Waals surface area contributed by atoms with Crippen molar-refractivity contribution in [3.8, 4) is 11.5 Å². The van der Waals surface area contributed by atoms with Crippen LogP contribution in [-0.2, 0) is 14.3 Å². The molecule has 0 fully saturated rings. The number of nitrogens with one attached hydrogen (secondary N) is 1. The summed E-state index contributed by atoms with van der Waals surface area (Å²) in [6.07, 6.45) is -1.63. The number of hydrogen-bond acceptors (Lipinski definition) is 13. The molecule has 0 aromatic heterocycles. The zero-order valence-electron chi connectivity index (χ0n) is 30.0. The number of aliphatic hydroxyl groups excluding tert-OH is 4. The van der Waals surface area contributed by atoms with Crippen molar-refractivity contribution in [3.05, 3.63) is 69.0 Å². The zero-order valence-corrected chi connectivity index (χ0v) is 30.0. The maximum Gasteiger partial charge on any atom is 0.313 e. The lowest BCUT2D eigenvalue weighted by Crippen LogP contribution is -2.53. The Morgan fingerprint density at radius 1 is 0.784 bits per heavy atom. The van der Waals surface area contributed by atoms with Crippen LogP contribution in [0.15, 0.2) is 46.7 Å². The first-order valence-corrected chi connectivity index (χ1v) is 16.3. The number of carbonyl (C=O) groups excluding carboxylic acids is 5. The second kappa shape index (κ2) is 15.4. The summed E-state index contributed by atoms with van der Waals surface area (Å²) >= 11 is 0. The lowest BCUT2D eigenvalue weighted by Gasteiger charge is -2.38. The van der Waals surface area contributed by atoms with E-state index in [1.165, 1.54) is 59.8 Å². The third kappa shape index (κ3) is 7.60. The topological polar surface area (TPSA) is 248 Å². The van der Waals surface area contributed by atoms with Crippen LogP contribution in [0.1, 0.15) is 85.1 Å². The Bertz CT molecular complexity index is 1770. The predicted octanol–water partition coefficient (Wildman–Crippen LogP) is 1.71. The SMILES string of the molecule is COC(=O)C1C(O)C(C)C(O)C(C)/C=C/C=C(/C)C(=O)NC2=C(C)C(=O)c3c(c(O)c(C)c(O)c3C(=O)/C(C)=C\C(C)(O)C(O)C(C)C1O)C2=O. The molecule has 9 atom stereocenters. The number of hydrogen-bond donors (Lipinski definition) is 8. The Balaban J connectivity index is 2.32. The molecule has 0 spiro atoms. The second-order valence-electron chi connectivity index (χ2n) is 13.7. The molecule has 2 aliphatic heterocycles. The minimum atomic E-state index is -2.34. The van der Waals surface area contributed by atoms with E-state index in [1.807, 2.05) is 0 Å². The highest BCUT2D eigenvalue weighted by Crippen LogP contribution is 2.43. The van der Waals surface area contributed by atoms with Gasteiger partial charge in [-0.3, -0.25) is 24.0 Å². The third-order valence-corrected chi connectivity index (χ3v) is 9.99. The molecule has 278 valence electrons. The molecule has 4 bridgehead atoms. The fourth-order valence-corrected chi connectivity index (χ4v) is 6.50. The van der Waals surface area contributed by atoms with Gasteiger partial charge in [-0.1, -0.05) is 39.0 Å². The number of Topliss-reactive ketones (excluding diaryl/α,β-unsaturated/α-hetero) is 3. The number of methoxy groups -OCH3 is 1. The molecule has 2 heterocycles. The van der Waals surface area contributed by atoms with E-state index in [1.54, 1.807) is 6.92 Å². The molecule has 8 N–H and O–H groups in total. The summed E-state index contributed by atoms with van der Waals surface area (Å²) in [7, 11) is 1.02. The minimum Gasteiger partial charge on any atom is -0.507 e. The van der Waals surface area contributed by atoms with Gasteiger partial charge in [0.15, 0.2) is 11.6 Å². The van der Waals surface area contributed by atoms with Crippen LogP contribution in [0.5, 0.6) is 11.5 Å². The Morgan fingerprint density at radius 2 is 1.31 bits per heavy atom. The number of amides is 1. The molecule has 0 radical (unpaired) electrons. The fraction of sp³-hybridized carbons (Fsp3) is 0.486. The van der Waals surface area contributed by atoms with Gasteiger partial charge in [-0.2, -0.15) is 0 Å². The number of fused-ring (bicyclic) bond motifs is 15. The standard InChI is InChI=1S/C37H47NO13/c1-14-11-10-12-15(2)35(48)38-25-17(4)28(41)21-22(29(42)19(6)30(43)23(21)33(25)46)27(40)16(3)13-37(8,50)34(47)20(7)32(45)24(36(49)51-9)31(44)18(5)26(14)39/h10-14,18,20,24,26,31-32,34,39,42-45,47,50H,1-9H3,(H,38,48)/b11-10+,15-12-,16-13-. The molecule has 1 aromatic rings. The van der Waals surface area contributed by atoms with Gasteiger partial charge >= 0.3 is 5.97 Å². The summed E-state index contributed by atoms with van der Waals surface area (Å²) in [5, 5.41) is 80.8. The van der Waals surface area contributed by atoms with Crippen molar-refractivity contribution in [3.63, 3.8) is 0 Å². The van der Waals surface area contributed by atoms with Crippen molar-refractivity contribution in [2.75, 3.05) is 7.11 Å². The molecule has 1 aliphatic carbocycles. The van der Waals surface area contributed by atoms with Crippen LogP contribution >= 0.6 is 0 Å². The number of aromatic hydroxyl groups is 2. The van der Waals surface area contributed by atoms with Gasteiger partial charge in [-0.25, -0.2) is 0 Å². The molecule has 1 amide bonds. The van der Waals surface area contributed by atoms with Gasteiger partial charge in [-0.15, -0.1) is 0 Å². The molecule has 9 unspecified atom stereocenters. The molecule has 0 saturated heterocycles. The highest BCUT2D eigenvalue weighted by molar-refractivity contribution is 6.32. The van der Waals surface area contributed by atoms with Crippen molar-refractivity contribution < 1.29 is 64.5 Å². The van der Waals surface area contributed by atoms with E-state index in [0.29, 0.717) is 0 Å². The van der Waals surface area contributed by atoms with Gasteiger partial charge in [-0.05, 0) is 46.3 Å². The van der Waals surface area contributed by atoms with E-state index < -0.39 is 117 Å². The molecular weight excluding hydrogens is 666 g/mol. The smallest absolute Gasteiger partial charge is 0.313 e. The molecule has 4 rings (SSSR count). The number of carbonyl (C=O) groups is 5. The molecule has 3 aliphatic rings. The quantitative estimate of drug-likeness (QED) is 0.193. The van der Waals surface area contributed by atoms with Crippen LogP contribution < -0.4 is 5.32 Å². The Kier molecular flexibility index (Phi) is 12.4. The largest absolute Gasteiger partial charge is 0.507 e. The number of aliphatic hydroxyl groups is 5. The summed E-state index contributed by atoms with van der Waals surface area (Å²) in [5.41, 5.74) is -5.67. The first kappa shape index (κ1) is 41.0. The predicted molar refractivity (Wildman–Crippen MR) is 183 cm³/mol. The Morgan fingerprint density at radius 3 is 1.86 bits per heavy atom. The van der Waals surface area contributed by atoms with Crippen LogP contribution in [0.2, 0.25) is 0 Å². The maximum absolute atomic E-state index is 13.9. The summed E-state index contributed by atoms with van der Waals surface area (Å²) < 4.78 is 4.83. The summed E-state index contributed by atoms with van der Waals surface area (Å²) in [4.78, 5) is 67.6. The number of allylic oxidation sites excluding steroid dienone is 5. The number of ketones is 3. The van der Waals surface area contributed by atoms with E-state index in [0.717, 1.165) is 20.1 Å². The molecule has 51 heavy (non-hydrogen) atoms. The van der Waals surface area contributed by atoms with Crippen LogP contribution in [0, 0.1) is 30.6 Å². The van der Waals surface area contributed by atoms with Gasteiger partial charge < -0.3 is 45.8 Å². The number of esters is 1. The van der Waals surface area contributed by atoms with E-state index in [9.17, 15) is 59.7 Å². The average molecular weight is 714 g/mol. The second-order valence-corrected chi connectivity index (χ2v) is 13.7. The molecular formula is C37H47NO13. The summed E-state index contributed by atoms with van der Waals surface area (Å²) in [5.74, 6) is -11.4. The van der Waals surface area contributed by atoms with Crippen molar-refractivity contribution in [1.82, 2.24) is 5.32 Å². The first-order valence-electron chi connectivity index (χ1n) is 16.3. The van der Waals surface area contributed by atoms with Crippen LogP contribution in [0.25, 0.3) is 0 Å². The van der Waals surface area contributed by atoms with Gasteiger partial charge in [0.1, 0.15) is 23.0 Å². The third-order valence-electron chi connectivity index (χ3n) is 9.99. The van der Waals surface area contributed by atoms with Crippen LogP contribution in [0.4, 0.5) is 0 Å². The maximum atomic E-state index is 13.9. The number of phenolic OH excluding ortho intramolecular Hbond substituents is 2. The minimum absolute atomic E-state index is 0.0574. The first-order chi connectivity index (χ1) is 23.5. The lowest BCUT2D eigenvalue weighted by atomic mass is 9.75. The van der Waals surface area contributed by atoms with E-state index >= 15 is 0 Å². The van der Waals surface area contributed by atoms with Gasteiger partial charge in [0.25, 0.3) is 5.91 Å². The lowest BCUT2D eigenvalue weighted by molar-refractivity contribution is -0.168. The van der Waals surface area contributed by atoms with E-state index in [2.05, 4.69) is 5.32 Å². The fourth-order valence-electron chi connectivity index (χ4n) is 6.50. The monoisotopic (exact) mass is 713 g/mol. The molecule has 1 aromatic carbocycles. The number of ether oxygens (including phenoxy) is 1. The van der Waals surface area contributed by atoms with Crippen molar-refractivity contribution in [2.45, 2.75) is 85.4 Å². The Labute approximate surface area is 295 Å². The molecule has 0 saturated carbocycles. The van der Waals surface area contributed by atoms with Crippen molar-refractivity contribution in [2.24, 2.45) is 23.7 Å². The number of rotatable bonds is 1. The molecule has 14 heteroatoms. The highest BCUT2D eigenvalue weighted by atomic mass is 16.5. The van der Waals surface area contributed by atoms with Gasteiger partial charge in [0.2, 0.25) is 5.78 Å². The normalized spacial score (nSPS) is 34.3. The van der Waals surface area contributed by atoms with E-state index in [-0.39, 0.29) is 22.3 Å². The average Bonchev–Trinajstić information content (AvgIpc) is 3.08. The van der Waals surface area contributed by atoms with Crippen LogP contribution in [-0.4, -0.2) is 102 Å². The Hall–Kier alpha value is -4.47. The number of phenols is 2. The van der Waals surface area contributed by atoms with Gasteiger partial charge in [0, 0.05) is 34.5 Å². The van der Waals surface area contributed by atoms with E-state index in [4.69, 9.17) is 4.74 Å². The summed E-state index contributed by atoms with van der Waals surface area (Å²) in [6.45, 7) is 10.4. The van der Waals surface area contributed by atoms with Gasteiger partial charge in [0.05, 0.1) is 53.9 Å².